The number of nitrogens with one attached hydrogen (secondary N) is 2. The van der Waals surface area contributed by atoms with Gasteiger partial charge < -0.3 is 10.6 Å². The standard InChI is InChI=1S/C15H25N3S.HI/c1-15(2,19-4)12-18-14(16-3)17-11-10-13-8-6-5-7-9-13;/h5-9H,10-12H2,1-4H3,(H2,16,17,18);1H. The van der Waals surface area contributed by atoms with Crippen LogP contribution in [0, 0.1) is 0 Å². The second-order valence-electron chi connectivity index (χ2n) is 5.05. The van der Waals surface area contributed by atoms with Gasteiger partial charge in [0.05, 0.1) is 0 Å². The van der Waals surface area contributed by atoms with Crippen LogP contribution >= 0.6 is 35.7 Å². The maximum absolute atomic E-state index is 4.24. The van der Waals surface area contributed by atoms with E-state index in [9.17, 15) is 0 Å². The highest BCUT2D eigenvalue weighted by atomic mass is 127. The number of hydrogen-bond acceptors (Lipinski definition) is 2. The highest BCUT2D eigenvalue weighted by Crippen LogP contribution is 2.19. The summed E-state index contributed by atoms with van der Waals surface area (Å²) in [5.41, 5.74) is 1.34. The lowest BCUT2D eigenvalue weighted by atomic mass is 10.1. The Morgan fingerprint density at radius 1 is 1.20 bits per heavy atom. The van der Waals surface area contributed by atoms with Crippen LogP contribution in [0.15, 0.2) is 35.3 Å². The minimum Gasteiger partial charge on any atom is -0.356 e. The van der Waals surface area contributed by atoms with E-state index in [1.54, 1.807) is 0 Å². The Hall–Kier alpha value is -0.430. The van der Waals surface area contributed by atoms with Crippen LogP contribution in [0.2, 0.25) is 0 Å². The topological polar surface area (TPSA) is 36.4 Å². The molecule has 114 valence electrons. The number of thioether (sulfide) groups is 1. The van der Waals surface area contributed by atoms with Crippen molar-refractivity contribution in [2.24, 2.45) is 4.99 Å². The van der Waals surface area contributed by atoms with Crippen molar-refractivity contribution in [2.45, 2.75) is 25.0 Å². The summed E-state index contributed by atoms with van der Waals surface area (Å²) in [6, 6.07) is 10.5. The first-order valence-corrected chi connectivity index (χ1v) is 7.83. The quantitative estimate of drug-likeness (QED) is 0.432. The Labute approximate surface area is 144 Å². The van der Waals surface area contributed by atoms with Gasteiger partial charge in [-0.15, -0.1) is 24.0 Å². The molecule has 0 saturated carbocycles. The van der Waals surface area contributed by atoms with E-state index in [2.05, 4.69) is 60.0 Å². The molecule has 3 nitrogen and oxygen atoms in total. The van der Waals surface area contributed by atoms with E-state index in [-0.39, 0.29) is 28.7 Å². The lowest BCUT2D eigenvalue weighted by molar-refractivity contribution is 0.664. The third-order valence-corrected chi connectivity index (χ3v) is 4.26. The first-order valence-electron chi connectivity index (χ1n) is 6.61. The third-order valence-electron chi connectivity index (χ3n) is 3.01. The molecular weight excluding hydrogens is 381 g/mol. The van der Waals surface area contributed by atoms with Crippen LogP contribution in [0.25, 0.3) is 0 Å². The van der Waals surface area contributed by atoms with Crippen molar-refractivity contribution in [2.75, 3.05) is 26.4 Å². The van der Waals surface area contributed by atoms with Gasteiger partial charge in [-0.05, 0) is 32.1 Å². The van der Waals surface area contributed by atoms with Crippen molar-refractivity contribution in [3.05, 3.63) is 35.9 Å². The van der Waals surface area contributed by atoms with Gasteiger partial charge in [-0.25, -0.2) is 0 Å². The van der Waals surface area contributed by atoms with Gasteiger partial charge in [-0.1, -0.05) is 30.3 Å². The fraction of sp³-hybridized carbons (Fsp3) is 0.533. The molecule has 1 aromatic rings. The number of rotatable bonds is 6. The molecule has 0 saturated heterocycles. The summed E-state index contributed by atoms with van der Waals surface area (Å²) in [7, 11) is 1.81. The van der Waals surface area contributed by atoms with E-state index in [1.807, 2.05) is 24.9 Å². The highest BCUT2D eigenvalue weighted by Gasteiger charge is 2.15. The Morgan fingerprint density at radius 2 is 1.85 bits per heavy atom. The summed E-state index contributed by atoms with van der Waals surface area (Å²) >= 11 is 1.85. The van der Waals surface area contributed by atoms with E-state index < -0.39 is 0 Å². The first-order chi connectivity index (χ1) is 9.07. The number of guanidine groups is 1. The molecule has 0 atom stereocenters. The third kappa shape index (κ3) is 7.99. The van der Waals surface area contributed by atoms with E-state index in [0.29, 0.717) is 0 Å². The molecule has 1 aromatic carbocycles. The van der Waals surface area contributed by atoms with Crippen molar-refractivity contribution >= 4 is 41.7 Å². The monoisotopic (exact) mass is 407 g/mol. The summed E-state index contributed by atoms with van der Waals surface area (Å²) < 4.78 is 0.219. The number of aliphatic imine (C=N–C) groups is 1. The average Bonchev–Trinajstić information content (AvgIpc) is 2.43. The zero-order chi connectivity index (χ0) is 14.1. The molecule has 0 unspecified atom stereocenters. The minimum absolute atomic E-state index is 0. The van der Waals surface area contributed by atoms with Crippen LogP contribution in [0.1, 0.15) is 19.4 Å². The number of hydrogen-bond donors (Lipinski definition) is 2. The van der Waals surface area contributed by atoms with Crippen LogP contribution in [0.4, 0.5) is 0 Å². The lowest BCUT2D eigenvalue weighted by Crippen LogP contribution is -2.43. The zero-order valence-corrected chi connectivity index (χ0v) is 15.9. The molecule has 0 amide bonds. The van der Waals surface area contributed by atoms with Crippen molar-refractivity contribution < 1.29 is 0 Å². The molecule has 0 aliphatic carbocycles. The van der Waals surface area contributed by atoms with E-state index in [0.717, 1.165) is 25.5 Å². The zero-order valence-electron chi connectivity index (χ0n) is 12.8. The van der Waals surface area contributed by atoms with Gasteiger partial charge in [0.25, 0.3) is 0 Å². The maximum atomic E-state index is 4.24. The highest BCUT2D eigenvalue weighted by molar-refractivity contribution is 14.0. The minimum atomic E-state index is 0. The van der Waals surface area contributed by atoms with E-state index in [1.165, 1.54) is 5.56 Å². The molecular formula is C15H26IN3S. The van der Waals surface area contributed by atoms with Gasteiger partial charge in [0.15, 0.2) is 5.96 Å². The summed E-state index contributed by atoms with van der Waals surface area (Å²) in [6.45, 7) is 6.24. The fourth-order valence-electron chi connectivity index (χ4n) is 1.56. The molecule has 0 heterocycles. The Bertz CT molecular complexity index is 393. The van der Waals surface area contributed by atoms with Crippen LogP contribution in [-0.2, 0) is 6.42 Å². The van der Waals surface area contributed by atoms with Crippen molar-refractivity contribution in [1.82, 2.24) is 10.6 Å². The lowest BCUT2D eigenvalue weighted by Gasteiger charge is -2.23. The normalized spacial score (nSPS) is 11.7. The molecule has 0 radical (unpaired) electrons. The smallest absolute Gasteiger partial charge is 0.191 e. The molecule has 0 bridgehead atoms. The van der Waals surface area contributed by atoms with Gasteiger partial charge in [0.1, 0.15) is 0 Å². The number of benzene rings is 1. The molecule has 2 N–H and O–H groups in total. The summed E-state index contributed by atoms with van der Waals surface area (Å²) in [6.07, 6.45) is 3.14. The molecule has 0 aromatic heterocycles. The molecule has 1 rings (SSSR count). The first kappa shape index (κ1) is 19.6. The predicted molar refractivity (Wildman–Crippen MR) is 103 cm³/mol. The summed E-state index contributed by atoms with van der Waals surface area (Å²) in [5.74, 6) is 0.873. The van der Waals surface area contributed by atoms with Crippen LogP contribution in [0.3, 0.4) is 0 Å². The maximum Gasteiger partial charge on any atom is 0.191 e. The van der Waals surface area contributed by atoms with Gasteiger partial charge in [0.2, 0.25) is 0 Å². The molecule has 0 spiro atoms. The Kier molecular flexibility index (Phi) is 10.1. The molecule has 0 aliphatic heterocycles. The van der Waals surface area contributed by atoms with Gasteiger partial charge in [0, 0.05) is 24.9 Å². The SMILES string of the molecule is CN=C(NCCc1ccccc1)NCC(C)(C)SC.I. The second-order valence-corrected chi connectivity index (χ2v) is 6.57. The number of nitrogens with zero attached hydrogens (tertiary/aromatic N) is 1. The van der Waals surface area contributed by atoms with E-state index in [4.69, 9.17) is 0 Å². The Morgan fingerprint density at radius 3 is 2.40 bits per heavy atom. The van der Waals surface area contributed by atoms with Crippen molar-refractivity contribution in [1.29, 1.82) is 0 Å². The van der Waals surface area contributed by atoms with Gasteiger partial charge >= 0.3 is 0 Å². The summed E-state index contributed by atoms with van der Waals surface area (Å²) in [5, 5.41) is 6.71. The van der Waals surface area contributed by atoms with E-state index >= 15 is 0 Å². The predicted octanol–water partition coefficient (Wildman–Crippen LogP) is 3.15. The van der Waals surface area contributed by atoms with Crippen LogP contribution in [-0.4, -0.2) is 37.1 Å². The largest absolute Gasteiger partial charge is 0.356 e. The Balaban J connectivity index is 0.00000361. The molecule has 0 aliphatic rings. The number of halogens is 1. The van der Waals surface area contributed by atoms with Gasteiger partial charge in [-0.3, -0.25) is 4.99 Å². The van der Waals surface area contributed by atoms with Crippen molar-refractivity contribution in [3.63, 3.8) is 0 Å². The van der Waals surface area contributed by atoms with Crippen LogP contribution < -0.4 is 10.6 Å². The summed E-state index contributed by atoms with van der Waals surface area (Å²) in [4.78, 5) is 4.24. The van der Waals surface area contributed by atoms with Crippen molar-refractivity contribution in [3.8, 4) is 0 Å². The van der Waals surface area contributed by atoms with Gasteiger partial charge in [-0.2, -0.15) is 11.8 Å². The second kappa shape index (κ2) is 10.3. The molecule has 0 fully saturated rings. The molecule has 20 heavy (non-hydrogen) atoms. The average molecular weight is 407 g/mol. The van der Waals surface area contributed by atoms with Crippen LogP contribution in [0.5, 0.6) is 0 Å². The fourth-order valence-corrected chi connectivity index (χ4v) is 1.78. The molecule has 5 heteroatoms.